The lowest BCUT2D eigenvalue weighted by atomic mass is 9.84. The van der Waals surface area contributed by atoms with Gasteiger partial charge in [0.25, 0.3) is 0 Å². The summed E-state index contributed by atoms with van der Waals surface area (Å²) in [6.07, 6.45) is 0. The average Bonchev–Trinajstić information content (AvgIpc) is 2.74. The van der Waals surface area contributed by atoms with E-state index in [0.29, 0.717) is 6.54 Å². The molecular formula is C23H40IN5O3. The number of methoxy groups -OCH3 is 2. The summed E-state index contributed by atoms with van der Waals surface area (Å²) in [5, 5.41) is 6.49. The van der Waals surface area contributed by atoms with Crippen LogP contribution in [0.1, 0.15) is 33.3 Å². The van der Waals surface area contributed by atoms with Crippen LogP contribution in [0.4, 0.5) is 0 Å². The molecule has 0 aliphatic carbocycles. The number of nitrogens with one attached hydrogen (secondary N) is 2. The second-order valence-electron chi connectivity index (χ2n) is 8.84. The van der Waals surface area contributed by atoms with E-state index in [1.165, 1.54) is 0 Å². The molecule has 9 heteroatoms. The van der Waals surface area contributed by atoms with Gasteiger partial charge in [0, 0.05) is 51.2 Å². The Kier molecular flexibility index (Phi) is 11.6. The molecule has 32 heavy (non-hydrogen) atoms. The standard InChI is InChI=1S/C23H39N5O3.HI/c1-17(2)26-21(29)15-27-10-12-28(13-11-27)22(24-5)25-16-23(3,4)18-8-9-19(30-6)20(14-18)31-7;/h8-9,14,17H,10-13,15-16H2,1-7H3,(H,24,25)(H,26,29);1H. The molecule has 1 aromatic rings. The molecule has 0 unspecified atom stereocenters. The van der Waals surface area contributed by atoms with Crippen molar-refractivity contribution in [3.63, 3.8) is 0 Å². The van der Waals surface area contributed by atoms with Crippen molar-refractivity contribution >= 4 is 35.8 Å². The number of amides is 1. The highest BCUT2D eigenvalue weighted by Crippen LogP contribution is 2.32. The fourth-order valence-corrected chi connectivity index (χ4v) is 3.68. The lowest BCUT2D eigenvalue weighted by molar-refractivity contribution is -0.123. The summed E-state index contributed by atoms with van der Waals surface area (Å²) < 4.78 is 10.8. The molecule has 0 radical (unpaired) electrons. The van der Waals surface area contributed by atoms with E-state index >= 15 is 0 Å². The van der Waals surface area contributed by atoms with Crippen molar-refractivity contribution in [3.05, 3.63) is 23.8 Å². The van der Waals surface area contributed by atoms with E-state index in [9.17, 15) is 4.79 Å². The van der Waals surface area contributed by atoms with Gasteiger partial charge < -0.3 is 25.0 Å². The first-order valence-corrected chi connectivity index (χ1v) is 10.9. The number of guanidine groups is 1. The molecule has 2 rings (SSSR count). The van der Waals surface area contributed by atoms with Gasteiger partial charge in [-0.15, -0.1) is 24.0 Å². The second-order valence-corrected chi connectivity index (χ2v) is 8.84. The summed E-state index contributed by atoms with van der Waals surface area (Å²) in [5.74, 6) is 2.43. The smallest absolute Gasteiger partial charge is 0.234 e. The highest BCUT2D eigenvalue weighted by molar-refractivity contribution is 14.0. The summed E-state index contributed by atoms with van der Waals surface area (Å²) in [6, 6.07) is 6.22. The summed E-state index contributed by atoms with van der Waals surface area (Å²) in [5.41, 5.74) is 1.03. The van der Waals surface area contributed by atoms with Crippen LogP contribution in [0.5, 0.6) is 11.5 Å². The number of rotatable bonds is 8. The third-order valence-electron chi connectivity index (χ3n) is 5.55. The van der Waals surface area contributed by atoms with E-state index < -0.39 is 0 Å². The van der Waals surface area contributed by atoms with Gasteiger partial charge in [-0.1, -0.05) is 19.9 Å². The first kappa shape index (κ1) is 28.3. The van der Waals surface area contributed by atoms with Gasteiger partial charge >= 0.3 is 0 Å². The minimum atomic E-state index is -0.133. The first-order chi connectivity index (χ1) is 14.7. The summed E-state index contributed by atoms with van der Waals surface area (Å²) in [4.78, 5) is 20.9. The van der Waals surface area contributed by atoms with Gasteiger partial charge in [-0.25, -0.2) is 0 Å². The number of hydrogen-bond donors (Lipinski definition) is 2. The molecule has 1 heterocycles. The number of aliphatic imine (C=N–C) groups is 1. The Hall–Kier alpha value is -1.75. The van der Waals surface area contributed by atoms with Crippen molar-refractivity contribution in [3.8, 4) is 11.5 Å². The number of nitrogens with zero attached hydrogens (tertiary/aromatic N) is 3. The fraction of sp³-hybridized carbons (Fsp3) is 0.652. The topological polar surface area (TPSA) is 78.4 Å². The molecule has 0 saturated carbocycles. The summed E-state index contributed by atoms with van der Waals surface area (Å²) in [6.45, 7) is 12.9. The Morgan fingerprint density at radius 1 is 1.12 bits per heavy atom. The van der Waals surface area contributed by atoms with Crippen LogP contribution < -0.4 is 20.1 Å². The highest BCUT2D eigenvalue weighted by Gasteiger charge is 2.25. The maximum absolute atomic E-state index is 12.0. The van der Waals surface area contributed by atoms with E-state index in [4.69, 9.17) is 9.47 Å². The maximum Gasteiger partial charge on any atom is 0.234 e. The Balaban J connectivity index is 0.00000512. The highest BCUT2D eigenvalue weighted by atomic mass is 127. The van der Waals surface area contributed by atoms with Crippen LogP contribution in [0.25, 0.3) is 0 Å². The number of piperazine rings is 1. The Morgan fingerprint density at radius 3 is 2.28 bits per heavy atom. The van der Waals surface area contributed by atoms with Crippen molar-refractivity contribution in [2.45, 2.75) is 39.2 Å². The molecule has 8 nitrogen and oxygen atoms in total. The predicted octanol–water partition coefficient (Wildman–Crippen LogP) is 2.32. The quantitative estimate of drug-likeness (QED) is 0.288. The lowest BCUT2D eigenvalue weighted by Crippen LogP contribution is -2.55. The first-order valence-electron chi connectivity index (χ1n) is 10.9. The van der Waals surface area contributed by atoms with Gasteiger partial charge in [0.05, 0.1) is 20.8 Å². The van der Waals surface area contributed by atoms with E-state index in [2.05, 4.69) is 45.3 Å². The van der Waals surface area contributed by atoms with Gasteiger partial charge in [0.15, 0.2) is 17.5 Å². The molecule has 1 saturated heterocycles. The van der Waals surface area contributed by atoms with Gasteiger partial charge in [-0.05, 0) is 31.5 Å². The fourth-order valence-electron chi connectivity index (χ4n) is 3.68. The summed E-state index contributed by atoms with van der Waals surface area (Å²) >= 11 is 0. The minimum Gasteiger partial charge on any atom is -0.493 e. The van der Waals surface area contributed by atoms with Crippen molar-refractivity contribution in [2.75, 3.05) is 60.5 Å². The van der Waals surface area contributed by atoms with Crippen LogP contribution in [-0.4, -0.2) is 88.2 Å². The summed E-state index contributed by atoms with van der Waals surface area (Å²) in [7, 11) is 5.11. The largest absolute Gasteiger partial charge is 0.493 e. The van der Waals surface area contributed by atoms with Gasteiger partial charge in [0.2, 0.25) is 5.91 Å². The van der Waals surface area contributed by atoms with Crippen LogP contribution in [0, 0.1) is 0 Å². The van der Waals surface area contributed by atoms with E-state index in [-0.39, 0.29) is 41.3 Å². The van der Waals surface area contributed by atoms with Crippen LogP contribution >= 0.6 is 24.0 Å². The number of benzene rings is 1. The molecule has 1 aromatic carbocycles. The zero-order chi connectivity index (χ0) is 23.0. The van der Waals surface area contributed by atoms with Crippen molar-refractivity contribution in [2.24, 2.45) is 4.99 Å². The van der Waals surface area contributed by atoms with Gasteiger partial charge in [-0.2, -0.15) is 0 Å². The zero-order valence-electron chi connectivity index (χ0n) is 20.5. The van der Waals surface area contributed by atoms with Crippen molar-refractivity contribution in [1.82, 2.24) is 20.4 Å². The lowest BCUT2D eigenvalue weighted by Gasteiger charge is -2.37. The molecule has 1 amide bonds. The molecular weight excluding hydrogens is 521 g/mol. The monoisotopic (exact) mass is 561 g/mol. The van der Waals surface area contributed by atoms with Crippen LogP contribution in [0.3, 0.4) is 0 Å². The van der Waals surface area contributed by atoms with Crippen LogP contribution in [-0.2, 0) is 10.2 Å². The minimum absolute atomic E-state index is 0. The molecule has 1 aliphatic rings. The van der Waals surface area contributed by atoms with Crippen molar-refractivity contribution < 1.29 is 14.3 Å². The normalized spacial score (nSPS) is 15.2. The van der Waals surface area contributed by atoms with Crippen LogP contribution in [0.15, 0.2) is 23.2 Å². The Morgan fingerprint density at radius 2 is 1.75 bits per heavy atom. The molecule has 0 atom stereocenters. The van der Waals surface area contributed by atoms with Crippen LogP contribution in [0.2, 0.25) is 0 Å². The average molecular weight is 562 g/mol. The third-order valence-corrected chi connectivity index (χ3v) is 5.55. The molecule has 1 aliphatic heterocycles. The van der Waals surface area contributed by atoms with E-state index in [1.54, 1.807) is 14.2 Å². The SMILES string of the molecule is CN=C(NCC(C)(C)c1ccc(OC)c(OC)c1)N1CCN(CC(=O)NC(C)C)CC1.I. The number of halogens is 1. The van der Waals surface area contributed by atoms with E-state index in [1.807, 2.05) is 33.0 Å². The third kappa shape index (κ3) is 7.99. The molecule has 2 N–H and O–H groups in total. The molecule has 0 spiro atoms. The molecule has 1 fully saturated rings. The zero-order valence-corrected chi connectivity index (χ0v) is 22.9. The number of ether oxygens (including phenoxy) is 2. The molecule has 182 valence electrons. The Labute approximate surface area is 210 Å². The maximum atomic E-state index is 12.0. The Bertz CT molecular complexity index is 762. The molecule has 0 aromatic heterocycles. The van der Waals surface area contributed by atoms with Gasteiger partial charge in [0.1, 0.15) is 0 Å². The van der Waals surface area contributed by atoms with Crippen molar-refractivity contribution in [1.29, 1.82) is 0 Å². The number of hydrogen-bond acceptors (Lipinski definition) is 5. The number of carbonyl (C=O) groups excluding carboxylic acids is 1. The van der Waals surface area contributed by atoms with Gasteiger partial charge in [-0.3, -0.25) is 14.7 Å². The second kappa shape index (κ2) is 13.1. The predicted molar refractivity (Wildman–Crippen MR) is 141 cm³/mol. The molecule has 0 bridgehead atoms. The van der Waals surface area contributed by atoms with E-state index in [0.717, 1.165) is 55.7 Å². The number of carbonyl (C=O) groups is 1.